The molecular formula is C18H32N4O2. The Hall–Kier alpha value is -0.980. The Morgan fingerprint density at radius 3 is 2.96 bits per heavy atom. The van der Waals surface area contributed by atoms with Gasteiger partial charge in [-0.05, 0) is 37.6 Å². The molecule has 136 valence electrons. The molecule has 3 rings (SSSR count). The van der Waals surface area contributed by atoms with Crippen molar-refractivity contribution < 1.29 is 9.26 Å². The van der Waals surface area contributed by atoms with Gasteiger partial charge in [0.25, 0.3) is 5.89 Å². The fourth-order valence-electron chi connectivity index (χ4n) is 4.04. The second-order valence-electron chi connectivity index (χ2n) is 7.92. The first kappa shape index (κ1) is 17.8. The van der Waals surface area contributed by atoms with Gasteiger partial charge in [-0.25, -0.2) is 0 Å². The van der Waals surface area contributed by atoms with E-state index in [0.29, 0.717) is 30.4 Å². The number of likely N-dealkylation sites (N-methyl/N-ethyl adjacent to an activating group) is 1. The van der Waals surface area contributed by atoms with Crippen LogP contribution in [0, 0.1) is 17.8 Å². The zero-order chi connectivity index (χ0) is 17.1. The van der Waals surface area contributed by atoms with Gasteiger partial charge in [-0.2, -0.15) is 4.98 Å². The fourth-order valence-corrected chi connectivity index (χ4v) is 4.04. The van der Waals surface area contributed by atoms with Gasteiger partial charge in [0.15, 0.2) is 5.82 Å². The van der Waals surface area contributed by atoms with E-state index in [9.17, 15) is 0 Å². The van der Waals surface area contributed by atoms with Crippen molar-refractivity contribution in [3.05, 3.63) is 11.7 Å². The minimum absolute atomic E-state index is 0.189. The Balaban J connectivity index is 1.58. The van der Waals surface area contributed by atoms with Crippen LogP contribution in [0.5, 0.6) is 0 Å². The van der Waals surface area contributed by atoms with Crippen molar-refractivity contribution in [1.29, 1.82) is 0 Å². The van der Waals surface area contributed by atoms with E-state index in [2.05, 4.69) is 48.2 Å². The summed E-state index contributed by atoms with van der Waals surface area (Å²) in [7, 11) is 2.11. The number of nitrogens with one attached hydrogen (secondary N) is 1. The first-order chi connectivity index (χ1) is 11.5. The van der Waals surface area contributed by atoms with Crippen LogP contribution in [-0.2, 0) is 11.3 Å². The van der Waals surface area contributed by atoms with Crippen molar-refractivity contribution in [3.63, 3.8) is 0 Å². The molecule has 2 heterocycles. The molecule has 1 aromatic heterocycles. The predicted molar refractivity (Wildman–Crippen MR) is 92.5 cm³/mol. The lowest BCUT2D eigenvalue weighted by molar-refractivity contribution is -0.0547. The second-order valence-corrected chi connectivity index (χ2v) is 7.92. The molecule has 1 aliphatic heterocycles. The van der Waals surface area contributed by atoms with E-state index in [4.69, 9.17) is 9.26 Å². The predicted octanol–water partition coefficient (Wildman–Crippen LogP) is 2.62. The van der Waals surface area contributed by atoms with Gasteiger partial charge in [0.05, 0.1) is 12.1 Å². The number of ether oxygens (including phenoxy) is 1. The van der Waals surface area contributed by atoms with E-state index in [1.165, 1.54) is 12.8 Å². The molecule has 2 fully saturated rings. The highest BCUT2D eigenvalue weighted by molar-refractivity contribution is 4.97. The van der Waals surface area contributed by atoms with Crippen LogP contribution in [0.4, 0.5) is 0 Å². The summed E-state index contributed by atoms with van der Waals surface area (Å²) >= 11 is 0. The minimum atomic E-state index is 0.189. The average molecular weight is 336 g/mol. The molecule has 0 amide bonds. The molecule has 0 aromatic carbocycles. The summed E-state index contributed by atoms with van der Waals surface area (Å²) in [6.45, 7) is 10.2. The van der Waals surface area contributed by atoms with Gasteiger partial charge in [-0.1, -0.05) is 32.3 Å². The number of hydrogen-bond acceptors (Lipinski definition) is 6. The maximum absolute atomic E-state index is 6.22. The quantitative estimate of drug-likeness (QED) is 0.892. The summed E-state index contributed by atoms with van der Waals surface area (Å²) in [5.41, 5.74) is 0. The van der Waals surface area contributed by atoms with Crippen molar-refractivity contribution in [2.45, 2.75) is 58.8 Å². The highest BCUT2D eigenvalue weighted by Gasteiger charge is 2.32. The highest BCUT2D eigenvalue weighted by Crippen LogP contribution is 2.35. The van der Waals surface area contributed by atoms with E-state index in [1.54, 1.807) is 0 Å². The largest absolute Gasteiger partial charge is 0.368 e. The van der Waals surface area contributed by atoms with Gasteiger partial charge in [-0.15, -0.1) is 0 Å². The van der Waals surface area contributed by atoms with E-state index in [0.717, 1.165) is 37.8 Å². The van der Waals surface area contributed by atoms with Crippen LogP contribution < -0.4 is 5.32 Å². The smallest absolute Gasteiger partial charge is 0.252 e. The first-order valence-corrected chi connectivity index (χ1v) is 9.39. The summed E-state index contributed by atoms with van der Waals surface area (Å²) < 4.78 is 11.7. The highest BCUT2D eigenvalue weighted by atomic mass is 16.5. The molecule has 1 N–H and O–H groups in total. The van der Waals surface area contributed by atoms with Gasteiger partial charge in [-0.3, -0.25) is 4.90 Å². The van der Waals surface area contributed by atoms with Gasteiger partial charge < -0.3 is 14.6 Å². The van der Waals surface area contributed by atoms with E-state index in [-0.39, 0.29) is 6.04 Å². The lowest BCUT2D eigenvalue weighted by Crippen LogP contribution is -2.44. The third-order valence-electron chi connectivity index (χ3n) is 5.68. The van der Waals surface area contributed by atoms with Crippen molar-refractivity contribution in [2.24, 2.45) is 17.8 Å². The molecule has 1 saturated heterocycles. The lowest BCUT2D eigenvalue weighted by atomic mass is 9.75. The Labute approximate surface area is 145 Å². The number of piperazine rings is 1. The van der Waals surface area contributed by atoms with Crippen LogP contribution in [0.2, 0.25) is 0 Å². The van der Waals surface area contributed by atoms with Gasteiger partial charge >= 0.3 is 0 Å². The lowest BCUT2D eigenvalue weighted by Gasteiger charge is -2.36. The number of rotatable bonds is 5. The molecule has 2 aliphatic rings. The topological polar surface area (TPSA) is 63.4 Å². The normalized spacial score (nSPS) is 32.4. The molecule has 0 spiro atoms. The average Bonchev–Trinajstić information content (AvgIpc) is 3.02. The summed E-state index contributed by atoms with van der Waals surface area (Å²) in [5, 5.41) is 7.56. The minimum Gasteiger partial charge on any atom is -0.368 e. The molecule has 6 heteroatoms. The van der Waals surface area contributed by atoms with Crippen molar-refractivity contribution in [3.8, 4) is 0 Å². The zero-order valence-electron chi connectivity index (χ0n) is 15.5. The molecule has 24 heavy (non-hydrogen) atoms. The van der Waals surface area contributed by atoms with Crippen LogP contribution in [0.15, 0.2) is 4.52 Å². The SMILES string of the molecule is CC1CCC(C(C)C)C(OCc2nc(C3CNCCN3C)no2)C1. The summed E-state index contributed by atoms with van der Waals surface area (Å²) in [6.07, 6.45) is 4.02. The molecule has 4 unspecified atom stereocenters. The fraction of sp³-hybridized carbons (Fsp3) is 0.889. The van der Waals surface area contributed by atoms with Crippen LogP contribution in [0.25, 0.3) is 0 Å². The maximum Gasteiger partial charge on any atom is 0.252 e. The molecule has 1 saturated carbocycles. The van der Waals surface area contributed by atoms with E-state index >= 15 is 0 Å². The molecule has 6 nitrogen and oxygen atoms in total. The van der Waals surface area contributed by atoms with Crippen LogP contribution in [0.1, 0.15) is 57.8 Å². The summed E-state index contributed by atoms with van der Waals surface area (Å²) in [5.74, 6) is 3.40. The molecule has 1 aliphatic carbocycles. The molecule has 1 aromatic rings. The Morgan fingerprint density at radius 1 is 1.38 bits per heavy atom. The molecular weight excluding hydrogens is 304 g/mol. The van der Waals surface area contributed by atoms with E-state index < -0.39 is 0 Å². The van der Waals surface area contributed by atoms with Crippen molar-refractivity contribution >= 4 is 0 Å². The number of nitrogens with zero attached hydrogens (tertiary/aromatic N) is 3. The molecule has 0 radical (unpaired) electrons. The standard InChI is InChI=1S/C18H32N4O2/c1-12(2)14-6-5-13(3)9-16(14)23-11-17-20-18(21-24-17)15-10-19-7-8-22(15)4/h12-16,19H,5-11H2,1-4H3. The van der Waals surface area contributed by atoms with Gasteiger partial charge in [0.2, 0.25) is 0 Å². The van der Waals surface area contributed by atoms with Crippen molar-refractivity contribution in [2.75, 3.05) is 26.7 Å². The summed E-state index contributed by atoms with van der Waals surface area (Å²) in [6, 6.07) is 0.189. The van der Waals surface area contributed by atoms with Gasteiger partial charge in [0, 0.05) is 19.6 Å². The van der Waals surface area contributed by atoms with Crippen LogP contribution in [0.3, 0.4) is 0 Å². The van der Waals surface area contributed by atoms with Crippen LogP contribution >= 0.6 is 0 Å². The van der Waals surface area contributed by atoms with Crippen molar-refractivity contribution in [1.82, 2.24) is 20.4 Å². The summed E-state index contributed by atoms with van der Waals surface area (Å²) in [4.78, 5) is 6.84. The number of aromatic nitrogens is 2. The Bertz CT molecular complexity index is 519. The van der Waals surface area contributed by atoms with Crippen LogP contribution in [-0.4, -0.2) is 47.8 Å². The second kappa shape index (κ2) is 7.93. The third kappa shape index (κ3) is 4.16. The Morgan fingerprint density at radius 2 is 2.21 bits per heavy atom. The maximum atomic E-state index is 6.22. The zero-order valence-corrected chi connectivity index (χ0v) is 15.5. The monoisotopic (exact) mass is 336 g/mol. The van der Waals surface area contributed by atoms with E-state index in [1.807, 2.05) is 0 Å². The Kier molecular flexibility index (Phi) is 5.89. The van der Waals surface area contributed by atoms with Gasteiger partial charge in [0.1, 0.15) is 6.61 Å². The first-order valence-electron chi connectivity index (χ1n) is 9.39. The molecule has 0 bridgehead atoms. The number of hydrogen-bond donors (Lipinski definition) is 1. The molecule has 4 atom stereocenters. The third-order valence-corrected chi connectivity index (χ3v) is 5.68.